The van der Waals surface area contributed by atoms with Crippen molar-refractivity contribution in [2.45, 2.75) is 27.7 Å². The Kier molecular flexibility index (Phi) is 3.13. The van der Waals surface area contributed by atoms with Crippen LogP contribution in [0.2, 0.25) is 0 Å². The van der Waals surface area contributed by atoms with Crippen molar-refractivity contribution in [3.05, 3.63) is 35.5 Å². The van der Waals surface area contributed by atoms with Gasteiger partial charge in [0.1, 0.15) is 0 Å². The molecule has 0 atom stereocenters. The van der Waals surface area contributed by atoms with E-state index in [-0.39, 0.29) is 0 Å². The van der Waals surface area contributed by atoms with Crippen LogP contribution in [0, 0.1) is 13.8 Å². The molecule has 0 bridgehead atoms. The number of H-pyrrole nitrogens is 1. The second-order valence-electron chi connectivity index (χ2n) is 2.97. The highest BCUT2D eigenvalue weighted by molar-refractivity contribution is 5.85. The van der Waals surface area contributed by atoms with Crippen molar-refractivity contribution in [2.75, 3.05) is 0 Å². The predicted octanol–water partition coefficient (Wildman–Crippen LogP) is 3.81. The molecule has 2 aromatic rings. The molecular weight excluding hydrogens is 158 g/mol. The minimum Gasteiger partial charge on any atom is -0.361 e. The van der Waals surface area contributed by atoms with Crippen LogP contribution in [0.1, 0.15) is 25.0 Å². The molecule has 0 saturated carbocycles. The van der Waals surface area contributed by atoms with Crippen molar-refractivity contribution >= 4 is 10.9 Å². The third kappa shape index (κ3) is 1.74. The van der Waals surface area contributed by atoms with Crippen LogP contribution in [0.5, 0.6) is 0 Å². The first-order chi connectivity index (χ1) is 6.29. The second-order valence-corrected chi connectivity index (χ2v) is 2.97. The number of rotatable bonds is 0. The van der Waals surface area contributed by atoms with Crippen LogP contribution in [0.25, 0.3) is 10.9 Å². The Morgan fingerprint density at radius 3 is 2.15 bits per heavy atom. The van der Waals surface area contributed by atoms with Crippen molar-refractivity contribution in [1.82, 2.24) is 4.98 Å². The summed E-state index contributed by atoms with van der Waals surface area (Å²) in [7, 11) is 0. The minimum absolute atomic E-state index is 1.27. The van der Waals surface area contributed by atoms with E-state index < -0.39 is 0 Å². The maximum absolute atomic E-state index is 3.23. The van der Waals surface area contributed by atoms with Gasteiger partial charge in [-0.25, -0.2) is 0 Å². The molecule has 1 aromatic carbocycles. The molecule has 0 unspecified atom stereocenters. The van der Waals surface area contributed by atoms with Gasteiger partial charge in [-0.15, -0.1) is 0 Å². The van der Waals surface area contributed by atoms with Crippen LogP contribution in [0.3, 0.4) is 0 Å². The fraction of sp³-hybridized carbons (Fsp3) is 0.333. The summed E-state index contributed by atoms with van der Waals surface area (Å²) in [5, 5.41) is 1.34. The van der Waals surface area contributed by atoms with E-state index in [1.54, 1.807) is 0 Å². The zero-order valence-corrected chi connectivity index (χ0v) is 8.81. The lowest BCUT2D eigenvalue weighted by molar-refractivity contribution is 1.40. The molecular formula is C12H17N. The van der Waals surface area contributed by atoms with Crippen LogP contribution in [0.4, 0.5) is 0 Å². The molecule has 1 heteroatoms. The molecule has 1 aromatic heterocycles. The molecule has 1 nitrogen and oxygen atoms in total. The number of aromatic amines is 1. The van der Waals surface area contributed by atoms with E-state index in [2.05, 4.69) is 37.0 Å². The summed E-state index contributed by atoms with van der Waals surface area (Å²) < 4.78 is 0. The summed E-state index contributed by atoms with van der Waals surface area (Å²) in [6, 6.07) is 6.43. The van der Waals surface area contributed by atoms with Crippen molar-refractivity contribution in [2.24, 2.45) is 0 Å². The third-order valence-corrected chi connectivity index (χ3v) is 2.15. The summed E-state index contributed by atoms with van der Waals surface area (Å²) in [6.45, 7) is 8.26. The quantitative estimate of drug-likeness (QED) is 0.626. The topological polar surface area (TPSA) is 15.8 Å². The smallest absolute Gasteiger partial charge is 0.0486 e. The van der Waals surface area contributed by atoms with E-state index in [0.29, 0.717) is 0 Å². The Morgan fingerprint density at radius 1 is 0.923 bits per heavy atom. The standard InChI is InChI=1S/C10H11N.C2H6/c1-7-3-4-8(2)10-9(7)5-6-11-10;1-2/h3-6,11H,1-2H3;1-2H3. The first-order valence-electron chi connectivity index (χ1n) is 4.82. The fourth-order valence-electron chi connectivity index (χ4n) is 1.45. The zero-order chi connectivity index (χ0) is 9.84. The maximum Gasteiger partial charge on any atom is 0.0486 e. The van der Waals surface area contributed by atoms with Gasteiger partial charge in [-0.3, -0.25) is 0 Å². The normalized spacial score (nSPS) is 9.54. The summed E-state index contributed by atoms with van der Waals surface area (Å²) in [5.74, 6) is 0. The summed E-state index contributed by atoms with van der Waals surface area (Å²) in [5.41, 5.74) is 3.92. The van der Waals surface area contributed by atoms with Crippen LogP contribution >= 0.6 is 0 Å². The van der Waals surface area contributed by atoms with E-state index in [4.69, 9.17) is 0 Å². The van der Waals surface area contributed by atoms with Crippen LogP contribution in [-0.4, -0.2) is 4.98 Å². The Morgan fingerprint density at radius 2 is 1.54 bits per heavy atom. The number of benzene rings is 1. The molecule has 0 radical (unpaired) electrons. The SMILES string of the molecule is CC.Cc1ccc(C)c2[nH]ccc12. The van der Waals surface area contributed by atoms with E-state index in [1.165, 1.54) is 22.0 Å². The molecule has 0 aliphatic heterocycles. The van der Waals surface area contributed by atoms with Crippen LogP contribution in [-0.2, 0) is 0 Å². The number of nitrogens with one attached hydrogen (secondary N) is 1. The van der Waals surface area contributed by atoms with Crippen molar-refractivity contribution in [1.29, 1.82) is 0 Å². The lowest BCUT2D eigenvalue weighted by atomic mass is 10.1. The van der Waals surface area contributed by atoms with Crippen LogP contribution in [0.15, 0.2) is 24.4 Å². The molecule has 0 spiro atoms. The highest BCUT2D eigenvalue weighted by Crippen LogP contribution is 2.19. The van der Waals surface area contributed by atoms with E-state index in [0.717, 1.165) is 0 Å². The number of fused-ring (bicyclic) bond motifs is 1. The molecule has 0 aliphatic rings. The molecule has 1 N–H and O–H groups in total. The molecule has 70 valence electrons. The van der Waals surface area contributed by atoms with Gasteiger partial charge in [-0.05, 0) is 31.0 Å². The van der Waals surface area contributed by atoms with Gasteiger partial charge in [-0.1, -0.05) is 26.0 Å². The number of hydrogen-bond acceptors (Lipinski definition) is 0. The van der Waals surface area contributed by atoms with E-state index in [9.17, 15) is 0 Å². The highest BCUT2D eigenvalue weighted by Gasteiger charge is 1.98. The fourth-order valence-corrected chi connectivity index (χ4v) is 1.45. The summed E-state index contributed by atoms with van der Waals surface area (Å²) >= 11 is 0. The van der Waals surface area contributed by atoms with Crippen molar-refractivity contribution < 1.29 is 0 Å². The Balaban J connectivity index is 0.000000396. The molecule has 1 heterocycles. The van der Waals surface area contributed by atoms with E-state index in [1.807, 2.05) is 20.0 Å². The lowest BCUT2D eigenvalue weighted by Crippen LogP contribution is -1.78. The maximum atomic E-state index is 3.23. The second kappa shape index (κ2) is 4.13. The van der Waals surface area contributed by atoms with Gasteiger partial charge in [-0.2, -0.15) is 0 Å². The lowest BCUT2D eigenvalue weighted by Gasteiger charge is -1.98. The van der Waals surface area contributed by atoms with Crippen molar-refractivity contribution in [3.63, 3.8) is 0 Å². The minimum atomic E-state index is 1.27. The summed E-state index contributed by atoms with van der Waals surface area (Å²) in [6.07, 6.45) is 1.99. The monoisotopic (exact) mass is 175 g/mol. The van der Waals surface area contributed by atoms with E-state index >= 15 is 0 Å². The molecule has 0 aliphatic carbocycles. The Hall–Kier alpha value is -1.24. The number of hydrogen-bond donors (Lipinski definition) is 1. The summed E-state index contributed by atoms with van der Waals surface area (Å²) in [4.78, 5) is 3.23. The number of aryl methyl sites for hydroxylation is 2. The van der Waals surface area contributed by atoms with Gasteiger partial charge in [0.2, 0.25) is 0 Å². The van der Waals surface area contributed by atoms with Crippen LogP contribution < -0.4 is 0 Å². The van der Waals surface area contributed by atoms with Gasteiger partial charge in [0.05, 0.1) is 0 Å². The molecule has 13 heavy (non-hydrogen) atoms. The molecule has 0 amide bonds. The molecule has 0 fully saturated rings. The number of aromatic nitrogens is 1. The average molecular weight is 175 g/mol. The average Bonchev–Trinajstić information content (AvgIpc) is 2.64. The highest BCUT2D eigenvalue weighted by atomic mass is 14.7. The molecule has 2 rings (SSSR count). The van der Waals surface area contributed by atoms with Gasteiger partial charge in [0, 0.05) is 17.1 Å². The van der Waals surface area contributed by atoms with Crippen molar-refractivity contribution in [3.8, 4) is 0 Å². The Bertz CT molecular complexity index is 349. The Labute approximate surface area is 79.8 Å². The molecule has 0 saturated heterocycles. The first-order valence-corrected chi connectivity index (χ1v) is 4.82. The van der Waals surface area contributed by atoms with Gasteiger partial charge < -0.3 is 4.98 Å². The third-order valence-electron chi connectivity index (χ3n) is 2.15. The largest absolute Gasteiger partial charge is 0.361 e. The first kappa shape index (κ1) is 9.85. The predicted molar refractivity (Wildman–Crippen MR) is 59.1 cm³/mol. The van der Waals surface area contributed by atoms with Gasteiger partial charge >= 0.3 is 0 Å². The van der Waals surface area contributed by atoms with Gasteiger partial charge in [0.15, 0.2) is 0 Å². The zero-order valence-electron chi connectivity index (χ0n) is 8.81. The van der Waals surface area contributed by atoms with Gasteiger partial charge in [0.25, 0.3) is 0 Å².